The maximum Gasteiger partial charge on any atom is 0.243 e. The number of nitrogens with zero attached hydrogens (tertiary/aromatic N) is 2. The van der Waals surface area contributed by atoms with E-state index in [-0.39, 0.29) is 36.6 Å². The van der Waals surface area contributed by atoms with E-state index >= 15 is 0 Å². The molecule has 2 N–H and O–H groups in total. The molecular formula is C27H35N3O5. The number of ether oxygens (including phenoxy) is 1. The van der Waals surface area contributed by atoms with Crippen molar-refractivity contribution in [2.24, 2.45) is 5.92 Å². The molecule has 0 aliphatic carbocycles. The normalized spacial score (nSPS) is 19.5. The molecule has 1 aliphatic heterocycles. The molecule has 2 heterocycles. The third-order valence-corrected chi connectivity index (χ3v) is 6.47. The SMILES string of the molecule is C#Cc1ccc([C@@H](C)NC(=O)[C@@H]2C[C@@H](O)CN2C(=O)[C@@H](c2cc(C(C)C)no2)C(C)C)c(OC)c1. The van der Waals surface area contributed by atoms with Crippen molar-refractivity contribution in [3.8, 4) is 18.1 Å². The fourth-order valence-corrected chi connectivity index (χ4v) is 4.49. The van der Waals surface area contributed by atoms with Gasteiger partial charge in [-0.25, -0.2) is 0 Å². The van der Waals surface area contributed by atoms with E-state index in [1.807, 2.05) is 46.8 Å². The third-order valence-electron chi connectivity index (χ3n) is 6.47. The number of aromatic nitrogens is 1. The van der Waals surface area contributed by atoms with E-state index in [9.17, 15) is 14.7 Å². The summed E-state index contributed by atoms with van der Waals surface area (Å²) in [6.45, 7) is 9.77. The zero-order valence-corrected chi connectivity index (χ0v) is 21.2. The van der Waals surface area contributed by atoms with Crippen LogP contribution in [0.2, 0.25) is 0 Å². The number of rotatable bonds is 8. The lowest BCUT2D eigenvalue weighted by Gasteiger charge is -2.29. The van der Waals surface area contributed by atoms with E-state index in [1.165, 1.54) is 4.90 Å². The molecule has 8 heteroatoms. The number of likely N-dealkylation sites (tertiary alicyclic amines) is 1. The number of benzene rings is 1. The third kappa shape index (κ3) is 5.68. The summed E-state index contributed by atoms with van der Waals surface area (Å²) in [6.07, 6.45) is 4.85. The number of β-amino-alcohol motifs (C(OH)–C–C–N with tert-alkyl or cyclic N) is 1. The molecule has 1 fully saturated rings. The summed E-state index contributed by atoms with van der Waals surface area (Å²) >= 11 is 0. The fraction of sp³-hybridized carbons (Fsp3) is 0.519. The molecule has 2 amide bonds. The molecule has 0 saturated carbocycles. The maximum atomic E-state index is 13.7. The quantitative estimate of drug-likeness (QED) is 0.560. The van der Waals surface area contributed by atoms with Gasteiger partial charge in [-0.05, 0) is 30.9 Å². The van der Waals surface area contributed by atoms with E-state index in [1.54, 1.807) is 19.2 Å². The van der Waals surface area contributed by atoms with Gasteiger partial charge in [-0.3, -0.25) is 9.59 Å². The zero-order chi connectivity index (χ0) is 25.9. The van der Waals surface area contributed by atoms with Gasteiger partial charge in [0.1, 0.15) is 23.5 Å². The highest BCUT2D eigenvalue weighted by atomic mass is 16.5. The molecule has 4 atom stereocenters. The van der Waals surface area contributed by atoms with E-state index in [2.05, 4.69) is 16.4 Å². The lowest BCUT2D eigenvalue weighted by molar-refractivity contribution is -0.141. The number of hydrogen-bond donors (Lipinski definition) is 2. The van der Waals surface area contributed by atoms with Crippen molar-refractivity contribution in [1.29, 1.82) is 0 Å². The molecule has 1 aromatic carbocycles. The topological polar surface area (TPSA) is 105 Å². The van der Waals surface area contributed by atoms with Crippen molar-refractivity contribution in [3.63, 3.8) is 0 Å². The maximum absolute atomic E-state index is 13.7. The summed E-state index contributed by atoms with van der Waals surface area (Å²) < 4.78 is 11.0. The molecule has 1 aromatic heterocycles. The second kappa shape index (κ2) is 11.0. The number of carbonyl (C=O) groups is 2. The van der Waals surface area contributed by atoms with Crippen LogP contribution in [-0.2, 0) is 9.59 Å². The van der Waals surface area contributed by atoms with Crippen LogP contribution in [-0.4, -0.2) is 52.8 Å². The minimum absolute atomic E-state index is 0.0832. The number of hydrogen-bond acceptors (Lipinski definition) is 6. The number of carbonyl (C=O) groups excluding carboxylic acids is 2. The summed E-state index contributed by atoms with van der Waals surface area (Å²) in [4.78, 5) is 28.4. The van der Waals surface area contributed by atoms with Gasteiger partial charge in [-0.15, -0.1) is 6.42 Å². The fourth-order valence-electron chi connectivity index (χ4n) is 4.49. The summed E-state index contributed by atoms with van der Waals surface area (Å²) in [5.41, 5.74) is 2.21. The Balaban J connectivity index is 1.81. The second-order valence-corrected chi connectivity index (χ2v) is 9.76. The highest BCUT2D eigenvalue weighted by Crippen LogP contribution is 2.33. The van der Waals surface area contributed by atoms with E-state index < -0.39 is 24.1 Å². The smallest absolute Gasteiger partial charge is 0.243 e. The average molecular weight is 482 g/mol. The Labute approximate surface area is 207 Å². The molecule has 3 rings (SSSR count). The molecule has 0 spiro atoms. The van der Waals surface area contributed by atoms with E-state index in [0.29, 0.717) is 17.1 Å². The van der Waals surface area contributed by atoms with Gasteiger partial charge in [0.05, 0.1) is 24.9 Å². The first-order valence-corrected chi connectivity index (χ1v) is 12.0. The molecule has 8 nitrogen and oxygen atoms in total. The monoisotopic (exact) mass is 481 g/mol. The van der Waals surface area contributed by atoms with Crippen molar-refractivity contribution in [2.75, 3.05) is 13.7 Å². The van der Waals surface area contributed by atoms with Crippen LogP contribution in [0.4, 0.5) is 0 Å². The van der Waals surface area contributed by atoms with Crippen molar-refractivity contribution in [3.05, 3.63) is 46.8 Å². The van der Waals surface area contributed by atoms with Gasteiger partial charge in [0.15, 0.2) is 0 Å². The Morgan fingerprint density at radius 1 is 1.26 bits per heavy atom. The minimum Gasteiger partial charge on any atom is -0.496 e. The highest BCUT2D eigenvalue weighted by Gasteiger charge is 2.43. The van der Waals surface area contributed by atoms with Crippen LogP contribution in [0, 0.1) is 18.3 Å². The first kappa shape index (κ1) is 26.3. The molecule has 0 radical (unpaired) electrons. The zero-order valence-electron chi connectivity index (χ0n) is 21.2. The predicted molar refractivity (Wildman–Crippen MR) is 132 cm³/mol. The molecule has 2 aromatic rings. The van der Waals surface area contributed by atoms with Crippen LogP contribution in [0.1, 0.15) is 81.5 Å². The Bertz CT molecular complexity index is 1100. The number of aliphatic hydroxyl groups is 1. The first-order chi connectivity index (χ1) is 16.6. The molecule has 35 heavy (non-hydrogen) atoms. The molecular weight excluding hydrogens is 446 g/mol. The van der Waals surface area contributed by atoms with Gasteiger partial charge in [-0.2, -0.15) is 0 Å². The van der Waals surface area contributed by atoms with Gasteiger partial charge in [0.2, 0.25) is 11.8 Å². The van der Waals surface area contributed by atoms with Crippen LogP contribution in [0.15, 0.2) is 28.8 Å². The Morgan fingerprint density at radius 3 is 2.54 bits per heavy atom. The lowest BCUT2D eigenvalue weighted by Crippen LogP contribution is -2.48. The van der Waals surface area contributed by atoms with Crippen LogP contribution in [0.5, 0.6) is 5.75 Å². The predicted octanol–water partition coefficient (Wildman–Crippen LogP) is 3.37. The first-order valence-electron chi connectivity index (χ1n) is 12.0. The van der Waals surface area contributed by atoms with Crippen LogP contribution >= 0.6 is 0 Å². The van der Waals surface area contributed by atoms with Crippen molar-refractivity contribution >= 4 is 11.8 Å². The van der Waals surface area contributed by atoms with Crippen LogP contribution in [0.3, 0.4) is 0 Å². The van der Waals surface area contributed by atoms with Gasteiger partial charge >= 0.3 is 0 Å². The number of amides is 2. The van der Waals surface area contributed by atoms with Gasteiger partial charge in [0, 0.05) is 30.2 Å². The van der Waals surface area contributed by atoms with Crippen LogP contribution < -0.4 is 10.1 Å². The van der Waals surface area contributed by atoms with Crippen molar-refractivity contribution in [2.45, 2.75) is 71.1 Å². The molecule has 1 aliphatic rings. The molecule has 0 unspecified atom stereocenters. The number of aliphatic hydroxyl groups excluding tert-OH is 1. The number of nitrogens with one attached hydrogen (secondary N) is 1. The molecule has 1 saturated heterocycles. The van der Waals surface area contributed by atoms with Crippen molar-refractivity contribution in [1.82, 2.24) is 15.4 Å². The van der Waals surface area contributed by atoms with Gasteiger partial charge in [-0.1, -0.05) is 44.8 Å². The average Bonchev–Trinajstić information content (AvgIpc) is 3.45. The molecule has 188 valence electrons. The highest BCUT2D eigenvalue weighted by molar-refractivity contribution is 5.91. The lowest BCUT2D eigenvalue weighted by atomic mass is 9.90. The van der Waals surface area contributed by atoms with Crippen molar-refractivity contribution < 1.29 is 24.0 Å². The number of terminal acetylenes is 1. The van der Waals surface area contributed by atoms with Gasteiger partial charge in [0.25, 0.3) is 0 Å². The standard InChI is InChI=1S/C27H35N3O5/c1-8-18-9-10-20(23(11-18)34-7)17(6)28-26(32)22-12-19(31)14-30(22)27(33)25(16(4)5)24-13-21(15(2)3)29-35-24/h1,9-11,13,15-17,19,22,25,31H,12,14H2,2-7H3,(H,28,32)/t17-,19-,22+,25-/m1/s1. The molecule has 0 bridgehead atoms. The van der Waals surface area contributed by atoms with Gasteiger partial charge < -0.3 is 24.6 Å². The summed E-state index contributed by atoms with van der Waals surface area (Å²) in [5, 5.41) is 17.4. The summed E-state index contributed by atoms with van der Waals surface area (Å²) in [6, 6.07) is 5.95. The largest absolute Gasteiger partial charge is 0.496 e. The van der Waals surface area contributed by atoms with E-state index in [4.69, 9.17) is 15.7 Å². The second-order valence-electron chi connectivity index (χ2n) is 9.76. The Kier molecular flexibility index (Phi) is 8.23. The minimum atomic E-state index is -0.801. The van der Waals surface area contributed by atoms with E-state index in [0.717, 1.165) is 11.3 Å². The van der Waals surface area contributed by atoms with Crippen LogP contribution in [0.25, 0.3) is 0 Å². The Morgan fingerprint density at radius 2 is 1.97 bits per heavy atom. The Hall–Kier alpha value is -3.31. The number of methoxy groups -OCH3 is 1. The summed E-state index contributed by atoms with van der Waals surface area (Å²) in [7, 11) is 1.54. The summed E-state index contributed by atoms with van der Waals surface area (Å²) in [5.74, 6) is 2.48.